The second-order valence-electron chi connectivity index (χ2n) is 8.64. The van der Waals surface area contributed by atoms with Crippen molar-refractivity contribution in [1.29, 1.82) is 0 Å². The van der Waals surface area contributed by atoms with Gasteiger partial charge < -0.3 is 9.47 Å². The molecule has 2 heterocycles. The number of ether oxygens (including phenoxy) is 2. The van der Waals surface area contributed by atoms with Crippen LogP contribution in [0.2, 0.25) is 10.0 Å². The van der Waals surface area contributed by atoms with Crippen molar-refractivity contribution in [3.8, 4) is 11.5 Å². The Morgan fingerprint density at radius 3 is 2.68 bits per heavy atom. The minimum Gasteiger partial charge on any atom is -0.493 e. The third-order valence-electron chi connectivity index (χ3n) is 5.82. The summed E-state index contributed by atoms with van der Waals surface area (Å²) < 4.78 is 11.7. The molecule has 5 rings (SSSR count). The number of aromatic nitrogens is 1. The molecule has 0 atom stereocenters. The van der Waals surface area contributed by atoms with E-state index < -0.39 is 0 Å². The van der Waals surface area contributed by atoms with E-state index in [9.17, 15) is 9.59 Å². The molecule has 3 aromatic carbocycles. The highest BCUT2D eigenvalue weighted by Gasteiger charge is 2.33. The molecule has 0 spiro atoms. The normalized spacial score (nSPS) is 14.0. The van der Waals surface area contributed by atoms with E-state index in [-0.39, 0.29) is 18.4 Å². The standard InChI is InChI=1S/C29H21Cl2N3O4S3/c1-37-24-11-17(12-25-27(36)34(29(39)41-25)20-5-3-2-4-6-20)7-10-23(24)38-16-26(35)33-28-32-15-21(40-28)14-18-13-19(30)8-9-22(18)31/h2-13,15H,14,16H2,1H3,(H,32,33,35)/b25-12-. The van der Waals surface area contributed by atoms with E-state index >= 15 is 0 Å². The van der Waals surface area contributed by atoms with E-state index in [1.807, 2.05) is 36.4 Å². The number of rotatable bonds is 9. The van der Waals surface area contributed by atoms with Gasteiger partial charge in [-0.2, -0.15) is 0 Å². The van der Waals surface area contributed by atoms with Crippen LogP contribution in [0.3, 0.4) is 0 Å². The quantitative estimate of drug-likeness (QED) is 0.150. The van der Waals surface area contributed by atoms with Crippen molar-refractivity contribution in [3.63, 3.8) is 0 Å². The van der Waals surface area contributed by atoms with Gasteiger partial charge in [-0.25, -0.2) is 4.98 Å². The number of nitrogens with zero attached hydrogens (tertiary/aromatic N) is 2. The molecule has 0 radical (unpaired) electrons. The van der Waals surface area contributed by atoms with Gasteiger partial charge in [0.15, 0.2) is 27.6 Å². The lowest BCUT2D eigenvalue weighted by Crippen LogP contribution is -2.27. The molecule has 1 aliphatic heterocycles. The van der Waals surface area contributed by atoms with E-state index in [1.54, 1.807) is 42.6 Å². The highest BCUT2D eigenvalue weighted by Crippen LogP contribution is 2.37. The van der Waals surface area contributed by atoms with Crippen LogP contribution in [0, 0.1) is 0 Å². The Labute approximate surface area is 260 Å². The van der Waals surface area contributed by atoms with Gasteiger partial charge in [0, 0.05) is 27.5 Å². The van der Waals surface area contributed by atoms with Crippen molar-refractivity contribution in [2.75, 3.05) is 23.9 Å². The zero-order chi connectivity index (χ0) is 28.9. The number of thiazole rings is 1. The summed E-state index contributed by atoms with van der Waals surface area (Å²) in [4.78, 5) is 32.8. The summed E-state index contributed by atoms with van der Waals surface area (Å²) in [7, 11) is 1.50. The number of carbonyl (C=O) groups excluding carboxylic acids is 2. The van der Waals surface area contributed by atoms with Crippen LogP contribution in [-0.4, -0.2) is 34.8 Å². The summed E-state index contributed by atoms with van der Waals surface area (Å²) in [5.74, 6) is 0.234. The number of nitrogens with one attached hydrogen (secondary N) is 1. The lowest BCUT2D eigenvalue weighted by Gasteiger charge is -2.13. The molecule has 0 unspecified atom stereocenters. The maximum Gasteiger partial charge on any atom is 0.270 e. The van der Waals surface area contributed by atoms with Gasteiger partial charge in [-0.1, -0.05) is 71.4 Å². The fourth-order valence-corrected chi connectivity index (χ4v) is 6.45. The van der Waals surface area contributed by atoms with Crippen molar-refractivity contribution in [2.24, 2.45) is 0 Å². The van der Waals surface area contributed by atoms with Crippen molar-refractivity contribution >= 4 is 91.5 Å². The Morgan fingerprint density at radius 1 is 1.10 bits per heavy atom. The molecule has 7 nitrogen and oxygen atoms in total. The maximum absolute atomic E-state index is 13.0. The lowest BCUT2D eigenvalue weighted by molar-refractivity contribution is -0.118. The predicted octanol–water partition coefficient (Wildman–Crippen LogP) is 7.47. The molecule has 0 aliphatic carbocycles. The molecule has 1 aromatic heterocycles. The molecule has 0 saturated carbocycles. The molecule has 2 amide bonds. The molecule has 4 aromatic rings. The fourth-order valence-electron chi connectivity index (χ4n) is 3.92. The van der Waals surface area contributed by atoms with Crippen LogP contribution < -0.4 is 19.7 Å². The topological polar surface area (TPSA) is 80.8 Å². The zero-order valence-corrected chi connectivity index (χ0v) is 25.4. The Kier molecular flexibility index (Phi) is 9.26. The maximum atomic E-state index is 13.0. The number of methoxy groups -OCH3 is 1. The molecule has 12 heteroatoms. The summed E-state index contributed by atoms with van der Waals surface area (Å²) in [6.45, 7) is -0.250. The second kappa shape index (κ2) is 13.1. The largest absolute Gasteiger partial charge is 0.493 e. The molecule has 1 fully saturated rings. The van der Waals surface area contributed by atoms with Gasteiger partial charge >= 0.3 is 0 Å². The van der Waals surface area contributed by atoms with Gasteiger partial charge in [0.25, 0.3) is 11.8 Å². The van der Waals surface area contributed by atoms with Gasteiger partial charge in [-0.05, 0) is 59.7 Å². The number of para-hydroxylation sites is 1. The van der Waals surface area contributed by atoms with Crippen molar-refractivity contribution in [2.45, 2.75) is 6.42 Å². The number of hydrogen-bond donors (Lipinski definition) is 1. The smallest absolute Gasteiger partial charge is 0.270 e. The van der Waals surface area contributed by atoms with Crippen LogP contribution in [0.5, 0.6) is 11.5 Å². The first-order valence-corrected chi connectivity index (χ1v) is 14.9. The average Bonchev–Trinajstić information content (AvgIpc) is 3.52. The lowest BCUT2D eigenvalue weighted by atomic mass is 10.1. The summed E-state index contributed by atoms with van der Waals surface area (Å²) in [5.41, 5.74) is 2.32. The van der Waals surface area contributed by atoms with E-state index in [0.717, 1.165) is 21.7 Å². The Balaban J connectivity index is 1.20. The Morgan fingerprint density at radius 2 is 1.90 bits per heavy atom. The van der Waals surface area contributed by atoms with Crippen LogP contribution in [0.15, 0.2) is 77.8 Å². The molecule has 1 saturated heterocycles. The number of anilines is 2. The Bertz CT molecular complexity index is 1660. The van der Waals surface area contributed by atoms with E-state index in [1.165, 1.54) is 35.1 Å². The Hall–Kier alpha value is -3.41. The zero-order valence-electron chi connectivity index (χ0n) is 21.4. The third-order valence-corrected chi connectivity index (χ3v) is 8.64. The molecular formula is C29H21Cl2N3O4S3. The molecular weight excluding hydrogens is 621 g/mol. The fraction of sp³-hybridized carbons (Fsp3) is 0.103. The summed E-state index contributed by atoms with van der Waals surface area (Å²) in [6.07, 6.45) is 3.98. The van der Waals surface area contributed by atoms with E-state index in [2.05, 4.69) is 10.3 Å². The number of hydrogen-bond acceptors (Lipinski definition) is 8. The van der Waals surface area contributed by atoms with Gasteiger partial charge in [0.1, 0.15) is 0 Å². The predicted molar refractivity (Wildman–Crippen MR) is 171 cm³/mol. The van der Waals surface area contributed by atoms with Gasteiger partial charge in [-0.15, -0.1) is 11.3 Å². The third kappa shape index (κ3) is 7.09. The van der Waals surface area contributed by atoms with Gasteiger partial charge in [0.05, 0.1) is 17.7 Å². The molecule has 41 heavy (non-hydrogen) atoms. The SMILES string of the molecule is COc1cc(/C=C2\SC(=S)N(c3ccccc3)C2=O)ccc1OCC(=O)Nc1ncc(Cc2cc(Cl)ccc2Cl)s1. The molecule has 1 aliphatic rings. The van der Waals surface area contributed by atoms with Crippen molar-refractivity contribution < 1.29 is 19.1 Å². The number of halogens is 2. The highest BCUT2D eigenvalue weighted by molar-refractivity contribution is 8.27. The number of carbonyl (C=O) groups is 2. The summed E-state index contributed by atoms with van der Waals surface area (Å²) in [5, 5.41) is 4.41. The van der Waals surface area contributed by atoms with Crippen LogP contribution in [0.1, 0.15) is 16.0 Å². The van der Waals surface area contributed by atoms with Gasteiger partial charge in [0.2, 0.25) is 0 Å². The molecule has 1 N–H and O–H groups in total. The van der Waals surface area contributed by atoms with Crippen molar-refractivity contribution in [3.05, 3.63) is 104 Å². The second-order valence-corrected chi connectivity index (χ2v) is 12.3. The number of thiocarbonyl (C=S) groups is 1. The van der Waals surface area contributed by atoms with Crippen LogP contribution in [0.4, 0.5) is 10.8 Å². The van der Waals surface area contributed by atoms with Gasteiger partial charge in [-0.3, -0.25) is 19.8 Å². The van der Waals surface area contributed by atoms with Crippen molar-refractivity contribution in [1.82, 2.24) is 4.98 Å². The number of thioether (sulfide) groups is 1. The number of benzene rings is 3. The molecule has 0 bridgehead atoms. The first kappa shape index (κ1) is 29.1. The number of amides is 2. The van der Waals surface area contributed by atoms with E-state index in [4.69, 9.17) is 44.9 Å². The summed E-state index contributed by atoms with van der Waals surface area (Å²) >= 11 is 20.3. The average molecular weight is 643 g/mol. The summed E-state index contributed by atoms with van der Waals surface area (Å²) in [6, 6.07) is 19.8. The first-order valence-electron chi connectivity index (χ1n) is 12.1. The monoisotopic (exact) mass is 641 g/mol. The minimum absolute atomic E-state index is 0.192. The minimum atomic E-state index is -0.373. The molecule has 208 valence electrons. The van der Waals surface area contributed by atoms with Crippen LogP contribution >= 0.6 is 58.5 Å². The van der Waals surface area contributed by atoms with E-state index in [0.29, 0.717) is 42.3 Å². The highest BCUT2D eigenvalue weighted by atomic mass is 35.5. The van der Waals surface area contributed by atoms with Crippen LogP contribution in [-0.2, 0) is 16.0 Å². The van der Waals surface area contributed by atoms with Crippen LogP contribution in [0.25, 0.3) is 6.08 Å². The first-order chi connectivity index (χ1) is 19.8.